The summed E-state index contributed by atoms with van der Waals surface area (Å²) in [5.74, 6) is -1.06. The van der Waals surface area contributed by atoms with Crippen LogP contribution in [0.3, 0.4) is 0 Å². The van der Waals surface area contributed by atoms with Crippen LogP contribution in [0.25, 0.3) is 10.9 Å². The lowest BCUT2D eigenvalue weighted by molar-refractivity contribution is -0.385. The minimum Gasteiger partial charge on any atom is -0.324 e. The lowest BCUT2D eigenvalue weighted by Crippen LogP contribution is -2.28. The maximum absolute atomic E-state index is 13.2. The standard InChI is InChI=1S/C17H13FN4O4/c1-10-13(3-2-4-15(10)22(25)26)20-16(23)8-21-9-19-14-7-11(18)5-6-12(14)17(21)24/h2-7,9H,8H2,1H3,(H,20,23). The molecule has 0 unspecified atom stereocenters. The van der Waals surface area contributed by atoms with E-state index in [0.717, 1.165) is 23.0 Å². The van der Waals surface area contributed by atoms with Gasteiger partial charge in [0.1, 0.15) is 12.4 Å². The van der Waals surface area contributed by atoms with Crippen molar-refractivity contribution in [2.24, 2.45) is 0 Å². The number of benzene rings is 2. The van der Waals surface area contributed by atoms with Crippen LogP contribution < -0.4 is 10.9 Å². The van der Waals surface area contributed by atoms with Crippen LogP contribution in [0.4, 0.5) is 15.8 Å². The third-order valence-corrected chi connectivity index (χ3v) is 3.88. The molecule has 0 fully saturated rings. The number of fused-ring (bicyclic) bond motifs is 1. The molecule has 0 atom stereocenters. The van der Waals surface area contributed by atoms with Crippen molar-refractivity contribution in [1.29, 1.82) is 0 Å². The van der Waals surface area contributed by atoms with Gasteiger partial charge >= 0.3 is 0 Å². The lowest BCUT2D eigenvalue weighted by Gasteiger charge is -2.10. The Morgan fingerprint density at radius 1 is 1.35 bits per heavy atom. The zero-order chi connectivity index (χ0) is 18.8. The van der Waals surface area contributed by atoms with Crippen molar-refractivity contribution in [1.82, 2.24) is 9.55 Å². The zero-order valence-corrected chi connectivity index (χ0v) is 13.6. The van der Waals surface area contributed by atoms with E-state index in [1.807, 2.05) is 0 Å². The molecule has 0 saturated carbocycles. The Balaban J connectivity index is 1.85. The van der Waals surface area contributed by atoms with Crippen molar-refractivity contribution in [2.45, 2.75) is 13.5 Å². The predicted octanol–water partition coefficient (Wildman–Crippen LogP) is 2.39. The van der Waals surface area contributed by atoms with E-state index >= 15 is 0 Å². The SMILES string of the molecule is Cc1c(NC(=O)Cn2cnc3cc(F)ccc3c2=O)cccc1[N+](=O)[O-]. The number of rotatable bonds is 4. The summed E-state index contributed by atoms with van der Waals surface area (Å²) in [5, 5.41) is 13.7. The van der Waals surface area contributed by atoms with E-state index in [4.69, 9.17) is 0 Å². The number of amides is 1. The summed E-state index contributed by atoms with van der Waals surface area (Å²) in [5.41, 5.74) is 0.190. The Labute approximate surface area is 146 Å². The first-order valence-electron chi connectivity index (χ1n) is 7.55. The zero-order valence-electron chi connectivity index (χ0n) is 13.6. The van der Waals surface area contributed by atoms with E-state index < -0.39 is 22.2 Å². The van der Waals surface area contributed by atoms with Crippen molar-refractivity contribution in [3.8, 4) is 0 Å². The molecule has 0 spiro atoms. The van der Waals surface area contributed by atoms with Gasteiger partial charge in [-0.05, 0) is 25.1 Å². The average molecular weight is 356 g/mol. The monoisotopic (exact) mass is 356 g/mol. The Bertz CT molecular complexity index is 1090. The van der Waals surface area contributed by atoms with Gasteiger partial charge in [-0.3, -0.25) is 24.3 Å². The number of nitrogens with zero attached hydrogens (tertiary/aromatic N) is 3. The average Bonchev–Trinajstić information content (AvgIpc) is 2.59. The van der Waals surface area contributed by atoms with E-state index in [-0.39, 0.29) is 28.8 Å². The fourth-order valence-electron chi connectivity index (χ4n) is 2.55. The number of anilines is 1. The predicted molar refractivity (Wildman–Crippen MR) is 92.4 cm³/mol. The molecule has 1 amide bonds. The number of hydrogen-bond donors (Lipinski definition) is 1. The summed E-state index contributed by atoms with van der Waals surface area (Å²) in [4.78, 5) is 39.0. The molecule has 2 aromatic carbocycles. The van der Waals surface area contributed by atoms with Gasteiger partial charge in [0.05, 0.1) is 33.4 Å². The molecule has 132 valence electrons. The van der Waals surface area contributed by atoms with Crippen LogP contribution >= 0.6 is 0 Å². The second-order valence-corrected chi connectivity index (χ2v) is 5.59. The summed E-state index contributed by atoms with van der Waals surface area (Å²) >= 11 is 0. The van der Waals surface area contributed by atoms with Crippen molar-refractivity contribution in [3.63, 3.8) is 0 Å². The van der Waals surface area contributed by atoms with E-state index in [1.165, 1.54) is 31.2 Å². The van der Waals surface area contributed by atoms with Gasteiger partial charge in [-0.2, -0.15) is 0 Å². The van der Waals surface area contributed by atoms with E-state index in [0.29, 0.717) is 5.56 Å². The normalized spacial score (nSPS) is 10.7. The summed E-state index contributed by atoms with van der Waals surface area (Å²) in [6.45, 7) is 1.19. The molecule has 9 heteroatoms. The molecule has 8 nitrogen and oxygen atoms in total. The van der Waals surface area contributed by atoms with Crippen molar-refractivity contribution < 1.29 is 14.1 Å². The summed E-state index contributed by atoms with van der Waals surface area (Å²) in [7, 11) is 0. The molecule has 26 heavy (non-hydrogen) atoms. The number of aromatic nitrogens is 2. The maximum atomic E-state index is 13.2. The lowest BCUT2D eigenvalue weighted by atomic mass is 10.1. The van der Waals surface area contributed by atoms with Crippen LogP contribution in [0.2, 0.25) is 0 Å². The van der Waals surface area contributed by atoms with Gasteiger partial charge in [0.2, 0.25) is 5.91 Å². The first kappa shape index (κ1) is 17.2. The molecule has 0 aliphatic carbocycles. The summed E-state index contributed by atoms with van der Waals surface area (Å²) in [6, 6.07) is 7.90. The molecular weight excluding hydrogens is 343 g/mol. The fraction of sp³-hybridized carbons (Fsp3) is 0.118. The molecule has 0 aliphatic heterocycles. The van der Waals surface area contributed by atoms with Gasteiger partial charge < -0.3 is 5.32 Å². The molecule has 3 rings (SSSR count). The number of carbonyl (C=O) groups excluding carboxylic acids is 1. The Kier molecular flexibility index (Phi) is 4.44. The minimum absolute atomic E-state index is 0.116. The minimum atomic E-state index is -0.543. The smallest absolute Gasteiger partial charge is 0.274 e. The van der Waals surface area contributed by atoms with Gasteiger partial charge in [-0.15, -0.1) is 0 Å². The third-order valence-electron chi connectivity index (χ3n) is 3.88. The van der Waals surface area contributed by atoms with Crippen LogP contribution in [0, 0.1) is 22.9 Å². The number of nitro groups is 1. The van der Waals surface area contributed by atoms with Gasteiger partial charge in [0.15, 0.2) is 0 Å². The molecule has 1 aromatic heterocycles. The second-order valence-electron chi connectivity index (χ2n) is 5.59. The van der Waals surface area contributed by atoms with Crippen LogP contribution in [0.1, 0.15) is 5.56 Å². The number of halogens is 1. The topological polar surface area (TPSA) is 107 Å². The van der Waals surface area contributed by atoms with E-state index in [2.05, 4.69) is 10.3 Å². The highest BCUT2D eigenvalue weighted by molar-refractivity contribution is 5.92. The van der Waals surface area contributed by atoms with Crippen LogP contribution in [0.5, 0.6) is 0 Å². The second kappa shape index (κ2) is 6.71. The van der Waals surface area contributed by atoms with Crippen molar-refractivity contribution in [2.75, 3.05) is 5.32 Å². The Morgan fingerprint density at radius 2 is 2.12 bits per heavy atom. The number of nitro benzene ring substituents is 1. The Hall–Kier alpha value is -3.62. The molecule has 1 N–H and O–H groups in total. The fourth-order valence-corrected chi connectivity index (χ4v) is 2.55. The third kappa shape index (κ3) is 3.27. The molecule has 0 bridgehead atoms. The van der Waals surface area contributed by atoms with E-state index in [1.54, 1.807) is 0 Å². The highest BCUT2D eigenvalue weighted by Crippen LogP contribution is 2.24. The van der Waals surface area contributed by atoms with Crippen LogP contribution in [-0.2, 0) is 11.3 Å². The Morgan fingerprint density at radius 3 is 2.85 bits per heavy atom. The molecule has 0 aliphatic rings. The molecular formula is C17H13FN4O4. The van der Waals surface area contributed by atoms with Gasteiger partial charge in [0, 0.05) is 12.1 Å². The van der Waals surface area contributed by atoms with E-state index in [9.17, 15) is 24.1 Å². The quantitative estimate of drug-likeness (QED) is 0.570. The highest BCUT2D eigenvalue weighted by Gasteiger charge is 2.15. The summed E-state index contributed by atoms with van der Waals surface area (Å²) < 4.78 is 14.3. The van der Waals surface area contributed by atoms with Crippen molar-refractivity contribution in [3.05, 3.63) is 74.6 Å². The van der Waals surface area contributed by atoms with Crippen LogP contribution in [-0.4, -0.2) is 20.4 Å². The number of hydrogen-bond acceptors (Lipinski definition) is 5. The first-order chi connectivity index (χ1) is 12.4. The number of carbonyl (C=O) groups is 1. The van der Waals surface area contributed by atoms with Gasteiger partial charge in [-0.1, -0.05) is 6.07 Å². The van der Waals surface area contributed by atoms with Crippen molar-refractivity contribution >= 4 is 28.2 Å². The maximum Gasteiger partial charge on any atom is 0.274 e. The summed E-state index contributed by atoms with van der Waals surface area (Å²) in [6.07, 6.45) is 1.16. The highest BCUT2D eigenvalue weighted by atomic mass is 19.1. The molecule has 3 aromatic rings. The van der Waals surface area contributed by atoms with Crippen LogP contribution in [0.15, 0.2) is 47.5 Å². The largest absolute Gasteiger partial charge is 0.324 e. The molecule has 0 saturated heterocycles. The molecule has 1 heterocycles. The van der Waals surface area contributed by atoms with Gasteiger partial charge in [-0.25, -0.2) is 9.37 Å². The first-order valence-corrected chi connectivity index (χ1v) is 7.55. The number of nitrogens with one attached hydrogen (secondary N) is 1. The van der Waals surface area contributed by atoms with Gasteiger partial charge in [0.25, 0.3) is 11.2 Å². The molecule has 0 radical (unpaired) electrons.